The van der Waals surface area contributed by atoms with Gasteiger partial charge in [0.15, 0.2) is 5.78 Å². The molecule has 2 heterocycles. The van der Waals surface area contributed by atoms with E-state index < -0.39 is 17.5 Å². The van der Waals surface area contributed by atoms with Gasteiger partial charge in [0.25, 0.3) is 5.91 Å². The first kappa shape index (κ1) is 15.6. The Labute approximate surface area is 145 Å². The van der Waals surface area contributed by atoms with Crippen molar-refractivity contribution < 1.29 is 14.4 Å². The number of imide groups is 1. The number of carbonyl (C=O) groups is 3. The summed E-state index contributed by atoms with van der Waals surface area (Å²) >= 11 is 0. The number of ketones is 1. The molecule has 1 aromatic heterocycles. The third kappa shape index (κ3) is 2.45. The van der Waals surface area contributed by atoms with Gasteiger partial charge in [-0.15, -0.1) is 0 Å². The first-order valence-corrected chi connectivity index (χ1v) is 8.42. The van der Waals surface area contributed by atoms with Crippen LogP contribution in [0.25, 0.3) is 0 Å². The molecule has 4 rings (SSSR count). The Morgan fingerprint density at radius 2 is 2.00 bits per heavy atom. The highest BCUT2D eigenvalue weighted by Gasteiger charge is 2.49. The normalized spacial score (nSPS) is 22.2. The van der Waals surface area contributed by atoms with Crippen molar-refractivity contribution in [3.63, 3.8) is 0 Å². The topological polar surface area (TPSA) is 82.3 Å². The third-order valence-corrected chi connectivity index (χ3v) is 5.15. The van der Waals surface area contributed by atoms with E-state index in [0.717, 1.165) is 29.7 Å². The highest BCUT2D eigenvalue weighted by atomic mass is 16.2. The van der Waals surface area contributed by atoms with Crippen LogP contribution in [0.15, 0.2) is 36.5 Å². The van der Waals surface area contributed by atoms with Crippen LogP contribution in [0.3, 0.4) is 0 Å². The summed E-state index contributed by atoms with van der Waals surface area (Å²) < 4.78 is 0. The maximum absolute atomic E-state index is 12.9. The lowest BCUT2D eigenvalue weighted by molar-refractivity contribution is -0.130. The fraction of sp³-hybridized carbons (Fsp3) is 0.316. The van der Waals surface area contributed by atoms with Crippen LogP contribution in [0.5, 0.6) is 0 Å². The summed E-state index contributed by atoms with van der Waals surface area (Å²) in [6.45, 7) is 1.43. The first-order valence-electron chi connectivity index (χ1n) is 8.42. The number of nitrogens with one attached hydrogen (secondary N) is 2. The highest BCUT2D eigenvalue weighted by Crippen LogP contribution is 2.32. The molecule has 6 nitrogen and oxygen atoms in total. The van der Waals surface area contributed by atoms with Crippen molar-refractivity contribution in [2.75, 3.05) is 6.54 Å². The standard InChI is InChI=1S/C19H19N3O3/c1-19(14-8-7-12-4-2-5-13(12)10-14)17(24)22(18(25)21-19)11-16(23)15-6-3-9-20-15/h3,6-10,20H,2,4-5,11H2,1H3,(H,21,25). The average molecular weight is 337 g/mol. The van der Waals surface area contributed by atoms with E-state index in [1.165, 1.54) is 11.1 Å². The second-order valence-corrected chi connectivity index (χ2v) is 6.79. The SMILES string of the molecule is CC1(c2ccc3c(c2)CCC3)NC(=O)N(CC(=O)c2ccc[nH]2)C1=O. The minimum atomic E-state index is -1.13. The van der Waals surface area contributed by atoms with E-state index in [-0.39, 0.29) is 12.3 Å². The van der Waals surface area contributed by atoms with Crippen LogP contribution in [-0.4, -0.2) is 34.2 Å². The molecule has 0 saturated carbocycles. The summed E-state index contributed by atoms with van der Waals surface area (Å²) in [7, 11) is 0. The maximum atomic E-state index is 12.9. The molecule has 2 aliphatic rings. The summed E-state index contributed by atoms with van der Waals surface area (Å²) in [4.78, 5) is 41.3. The van der Waals surface area contributed by atoms with Crippen LogP contribution in [0.4, 0.5) is 4.79 Å². The fourth-order valence-corrected chi connectivity index (χ4v) is 3.65. The number of urea groups is 1. The minimum Gasteiger partial charge on any atom is -0.359 e. The van der Waals surface area contributed by atoms with Crippen molar-refractivity contribution in [1.82, 2.24) is 15.2 Å². The second-order valence-electron chi connectivity index (χ2n) is 6.79. The molecule has 2 N–H and O–H groups in total. The molecular weight excluding hydrogens is 318 g/mol. The molecule has 1 unspecified atom stereocenters. The van der Waals surface area contributed by atoms with Gasteiger partial charge in [-0.3, -0.25) is 14.5 Å². The molecular formula is C19H19N3O3. The first-order chi connectivity index (χ1) is 12.0. The number of Topliss-reactive ketones (excluding diaryl/α,β-unsaturated/α-hetero) is 1. The lowest BCUT2D eigenvalue weighted by atomic mass is 9.89. The lowest BCUT2D eigenvalue weighted by Crippen LogP contribution is -2.41. The summed E-state index contributed by atoms with van der Waals surface area (Å²) in [5.74, 6) is -0.693. The van der Waals surface area contributed by atoms with Crippen LogP contribution in [0.2, 0.25) is 0 Å². The number of benzene rings is 1. The van der Waals surface area contributed by atoms with E-state index in [2.05, 4.69) is 10.3 Å². The molecule has 0 spiro atoms. The van der Waals surface area contributed by atoms with E-state index in [9.17, 15) is 14.4 Å². The van der Waals surface area contributed by atoms with Crippen molar-refractivity contribution in [3.05, 3.63) is 58.9 Å². The molecule has 2 aromatic rings. The number of carbonyl (C=O) groups excluding carboxylic acids is 3. The molecule has 1 atom stereocenters. The van der Waals surface area contributed by atoms with E-state index in [0.29, 0.717) is 5.69 Å². The summed E-state index contributed by atoms with van der Waals surface area (Å²) in [5.41, 5.74) is 2.56. The zero-order valence-corrected chi connectivity index (χ0v) is 14.0. The number of aromatic nitrogens is 1. The Kier molecular flexibility index (Phi) is 3.49. The number of H-pyrrole nitrogens is 1. The van der Waals surface area contributed by atoms with E-state index in [4.69, 9.17) is 0 Å². The largest absolute Gasteiger partial charge is 0.359 e. The Balaban J connectivity index is 1.60. The Bertz CT molecular complexity index is 872. The molecule has 0 radical (unpaired) electrons. The van der Waals surface area contributed by atoms with Crippen LogP contribution in [-0.2, 0) is 23.2 Å². The van der Waals surface area contributed by atoms with Crippen molar-refractivity contribution >= 4 is 17.7 Å². The quantitative estimate of drug-likeness (QED) is 0.662. The molecule has 1 fully saturated rings. The van der Waals surface area contributed by atoms with Gasteiger partial charge in [0.05, 0.1) is 12.2 Å². The maximum Gasteiger partial charge on any atom is 0.325 e. The van der Waals surface area contributed by atoms with E-state index in [1.807, 2.05) is 18.2 Å². The van der Waals surface area contributed by atoms with Crippen LogP contribution < -0.4 is 5.32 Å². The van der Waals surface area contributed by atoms with Gasteiger partial charge in [0.1, 0.15) is 5.54 Å². The molecule has 1 aliphatic carbocycles. The predicted octanol–water partition coefficient (Wildman–Crippen LogP) is 2.15. The van der Waals surface area contributed by atoms with Gasteiger partial charge >= 0.3 is 6.03 Å². The molecule has 3 amide bonds. The highest BCUT2D eigenvalue weighted by molar-refractivity contribution is 6.11. The zero-order valence-electron chi connectivity index (χ0n) is 14.0. The van der Waals surface area contributed by atoms with Gasteiger partial charge in [-0.2, -0.15) is 0 Å². The Morgan fingerprint density at radius 3 is 2.76 bits per heavy atom. The van der Waals surface area contributed by atoms with Gasteiger partial charge in [0, 0.05) is 6.20 Å². The fourth-order valence-electron chi connectivity index (χ4n) is 3.65. The minimum absolute atomic E-state index is 0.272. The van der Waals surface area contributed by atoms with Gasteiger partial charge in [-0.25, -0.2) is 4.79 Å². The molecule has 6 heteroatoms. The zero-order chi connectivity index (χ0) is 17.6. The van der Waals surface area contributed by atoms with Gasteiger partial charge < -0.3 is 10.3 Å². The summed E-state index contributed by atoms with van der Waals surface area (Å²) in [5, 5.41) is 2.76. The van der Waals surface area contributed by atoms with Crippen LogP contribution in [0, 0.1) is 0 Å². The second kappa shape index (κ2) is 5.58. The van der Waals surface area contributed by atoms with Crippen molar-refractivity contribution in [3.8, 4) is 0 Å². The van der Waals surface area contributed by atoms with Gasteiger partial charge in [0.2, 0.25) is 0 Å². The summed E-state index contributed by atoms with van der Waals surface area (Å²) in [6, 6.07) is 8.74. The van der Waals surface area contributed by atoms with Crippen molar-refractivity contribution in [2.45, 2.75) is 31.7 Å². The number of fused-ring (bicyclic) bond motifs is 1. The number of nitrogens with zero attached hydrogens (tertiary/aromatic N) is 1. The molecule has 25 heavy (non-hydrogen) atoms. The van der Waals surface area contributed by atoms with E-state index in [1.54, 1.807) is 25.3 Å². The smallest absolute Gasteiger partial charge is 0.325 e. The molecule has 128 valence electrons. The molecule has 1 saturated heterocycles. The van der Waals surface area contributed by atoms with Gasteiger partial charge in [-0.05, 0) is 55.0 Å². The van der Waals surface area contributed by atoms with Crippen LogP contribution in [0.1, 0.15) is 40.5 Å². The number of hydrogen-bond donors (Lipinski definition) is 2. The third-order valence-electron chi connectivity index (χ3n) is 5.15. The van der Waals surface area contributed by atoms with Gasteiger partial charge in [-0.1, -0.05) is 18.2 Å². The van der Waals surface area contributed by atoms with E-state index >= 15 is 0 Å². The van der Waals surface area contributed by atoms with Crippen molar-refractivity contribution in [1.29, 1.82) is 0 Å². The van der Waals surface area contributed by atoms with Crippen molar-refractivity contribution in [2.24, 2.45) is 0 Å². The summed E-state index contributed by atoms with van der Waals surface area (Å²) in [6.07, 6.45) is 4.81. The molecule has 1 aromatic carbocycles. The Hall–Kier alpha value is -2.89. The molecule has 1 aliphatic heterocycles. The number of aromatic amines is 1. The number of aryl methyl sites for hydroxylation is 2. The molecule has 0 bridgehead atoms. The van der Waals surface area contributed by atoms with Crippen LogP contribution >= 0.6 is 0 Å². The predicted molar refractivity (Wildman–Crippen MR) is 91.2 cm³/mol. The number of hydrogen-bond acceptors (Lipinski definition) is 3. The number of amides is 3. The average Bonchev–Trinajstić information content (AvgIpc) is 3.31. The monoisotopic (exact) mass is 337 g/mol. The lowest BCUT2D eigenvalue weighted by Gasteiger charge is -2.23. The number of rotatable bonds is 4. The Morgan fingerprint density at radius 1 is 1.20 bits per heavy atom.